The minimum atomic E-state index is 0.403. The second-order valence-corrected chi connectivity index (χ2v) is 4.84. The Morgan fingerprint density at radius 1 is 1.33 bits per heavy atom. The van der Waals surface area contributed by atoms with Gasteiger partial charge in [-0.05, 0) is 17.7 Å². The number of rotatable bonds is 2. The number of benzene rings is 1. The van der Waals surface area contributed by atoms with Crippen LogP contribution in [-0.2, 0) is 0 Å². The molecule has 0 aliphatic rings. The van der Waals surface area contributed by atoms with Gasteiger partial charge in [-0.3, -0.25) is 4.79 Å². The van der Waals surface area contributed by atoms with Gasteiger partial charge in [0.2, 0.25) is 0 Å². The van der Waals surface area contributed by atoms with Crippen LogP contribution in [0.1, 0.15) is 10.5 Å². The molecule has 0 spiro atoms. The summed E-state index contributed by atoms with van der Waals surface area (Å²) in [5, 5.41) is 0.412. The molecule has 1 aromatic heterocycles. The molecular formula is C10H7BrN2OS. The lowest BCUT2D eigenvalue weighted by Crippen LogP contribution is -1.85. The van der Waals surface area contributed by atoms with Gasteiger partial charge >= 0.3 is 0 Å². The van der Waals surface area contributed by atoms with Crippen LogP contribution in [0.15, 0.2) is 28.7 Å². The maximum absolute atomic E-state index is 10.8. The van der Waals surface area contributed by atoms with Crippen molar-refractivity contribution in [3.05, 3.63) is 34.4 Å². The smallest absolute Gasteiger partial charge is 0.181 e. The van der Waals surface area contributed by atoms with Crippen LogP contribution in [0.2, 0.25) is 0 Å². The van der Waals surface area contributed by atoms with Gasteiger partial charge in [0.05, 0.1) is 4.88 Å². The number of nitrogens with two attached hydrogens (primary N) is 1. The van der Waals surface area contributed by atoms with Crippen molar-refractivity contribution in [3.63, 3.8) is 0 Å². The van der Waals surface area contributed by atoms with Crippen LogP contribution in [0.4, 0.5) is 5.13 Å². The Bertz CT molecular complexity index is 493. The summed E-state index contributed by atoms with van der Waals surface area (Å²) < 4.78 is 0.997. The maximum atomic E-state index is 10.8. The molecule has 2 aromatic rings. The Labute approximate surface area is 99.1 Å². The third-order valence-electron chi connectivity index (χ3n) is 1.89. The van der Waals surface area contributed by atoms with Gasteiger partial charge in [0.25, 0.3) is 0 Å². The third kappa shape index (κ3) is 2.08. The van der Waals surface area contributed by atoms with Crippen molar-refractivity contribution in [2.45, 2.75) is 0 Å². The molecule has 15 heavy (non-hydrogen) atoms. The van der Waals surface area contributed by atoms with E-state index in [2.05, 4.69) is 20.9 Å². The van der Waals surface area contributed by atoms with Gasteiger partial charge in [-0.25, -0.2) is 4.98 Å². The first-order valence-electron chi connectivity index (χ1n) is 4.18. The van der Waals surface area contributed by atoms with Crippen LogP contribution >= 0.6 is 27.3 Å². The number of aromatic nitrogens is 1. The molecule has 1 aromatic carbocycles. The van der Waals surface area contributed by atoms with E-state index < -0.39 is 0 Å². The van der Waals surface area contributed by atoms with Crippen LogP contribution in [0.5, 0.6) is 0 Å². The zero-order chi connectivity index (χ0) is 10.8. The molecule has 1 heterocycles. The topological polar surface area (TPSA) is 56.0 Å². The fraction of sp³-hybridized carbons (Fsp3) is 0. The lowest BCUT2D eigenvalue weighted by molar-refractivity contribution is 0.112. The van der Waals surface area contributed by atoms with Crippen LogP contribution in [0, 0.1) is 0 Å². The first-order valence-corrected chi connectivity index (χ1v) is 5.79. The van der Waals surface area contributed by atoms with Crippen molar-refractivity contribution >= 4 is 38.7 Å². The molecule has 0 saturated heterocycles. The molecule has 5 heteroatoms. The SMILES string of the molecule is Nc1nc(C=O)c(-c2ccc(Br)cc2)s1. The van der Waals surface area contributed by atoms with E-state index in [0.717, 1.165) is 21.2 Å². The van der Waals surface area contributed by atoms with Crippen molar-refractivity contribution in [2.75, 3.05) is 5.73 Å². The molecule has 0 amide bonds. The molecule has 0 saturated carbocycles. The number of nitrogens with zero attached hydrogens (tertiary/aromatic N) is 1. The highest BCUT2D eigenvalue weighted by atomic mass is 79.9. The highest BCUT2D eigenvalue weighted by Gasteiger charge is 2.10. The van der Waals surface area contributed by atoms with E-state index in [4.69, 9.17) is 5.73 Å². The van der Waals surface area contributed by atoms with E-state index in [0.29, 0.717) is 10.8 Å². The van der Waals surface area contributed by atoms with Crippen LogP contribution in [0.3, 0.4) is 0 Å². The number of hydrogen-bond acceptors (Lipinski definition) is 4. The molecule has 3 nitrogen and oxygen atoms in total. The van der Waals surface area contributed by atoms with Crippen LogP contribution in [0.25, 0.3) is 10.4 Å². The predicted octanol–water partition coefficient (Wildman–Crippen LogP) is 2.97. The van der Waals surface area contributed by atoms with E-state index in [1.165, 1.54) is 11.3 Å². The number of halogens is 1. The van der Waals surface area contributed by atoms with Gasteiger partial charge < -0.3 is 5.73 Å². The summed E-state index contributed by atoms with van der Waals surface area (Å²) in [6.45, 7) is 0. The van der Waals surface area contributed by atoms with Crippen molar-refractivity contribution in [3.8, 4) is 10.4 Å². The number of aldehydes is 1. The molecule has 2 N–H and O–H groups in total. The summed E-state index contributed by atoms with van der Waals surface area (Å²) in [5.74, 6) is 0. The highest BCUT2D eigenvalue weighted by molar-refractivity contribution is 9.10. The van der Waals surface area contributed by atoms with Gasteiger partial charge in [0, 0.05) is 4.47 Å². The van der Waals surface area contributed by atoms with E-state index in [1.807, 2.05) is 24.3 Å². The first kappa shape index (κ1) is 10.3. The number of anilines is 1. The van der Waals surface area contributed by atoms with Gasteiger partial charge in [0.1, 0.15) is 5.69 Å². The summed E-state index contributed by atoms with van der Waals surface area (Å²) in [6, 6.07) is 7.67. The van der Waals surface area contributed by atoms with Crippen molar-refractivity contribution in [1.82, 2.24) is 4.98 Å². The summed E-state index contributed by atoms with van der Waals surface area (Å²) in [6.07, 6.45) is 0.726. The zero-order valence-electron chi connectivity index (χ0n) is 7.61. The maximum Gasteiger partial charge on any atom is 0.181 e. The number of carbonyl (C=O) groups is 1. The second kappa shape index (κ2) is 4.12. The molecule has 0 fully saturated rings. The molecule has 2 rings (SSSR count). The summed E-state index contributed by atoms with van der Waals surface area (Å²) in [5.41, 5.74) is 6.92. The summed E-state index contributed by atoms with van der Waals surface area (Å²) >= 11 is 4.67. The van der Waals surface area contributed by atoms with E-state index in [1.54, 1.807) is 0 Å². The Balaban J connectivity index is 2.52. The summed E-state index contributed by atoms with van der Waals surface area (Å²) in [7, 11) is 0. The zero-order valence-corrected chi connectivity index (χ0v) is 10.0. The Hall–Kier alpha value is -1.20. The second-order valence-electron chi connectivity index (χ2n) is 2.89. The van der Waals surface area contributed by atoms with Crippen LogP contribution in [-0.4, -0.2) is 11.3 Å². The van der Waals surface area contributed by atoms with Crippen molar-refractivity contribution in [1.29, 1.82) is 0 Å². The quantitative estimate of drug-likeness (QED) is 0.862. The lowest BCUT2D eigenvalue weighted by Gasteiger charge is -1.97. The number of thiazole rings is 1. The fourth-order valence-corrected chi connectivity index (χ4v) is 2.31. The molecule has 0 unspecified atom stereocenters. The average molecular weight is 283 g/mol. The largest absolute Gasteiger partial charge is 0.375 e. The highest BCUT2D eigenvalue weighted by Crippen LogP contribution is 2.31. The minimum absolute atomic E-state index is 0.403. The standard InChI is InChI=1S/C10H7BrN2OS/c11-7-3-1-6(2-4-7)9-8(5-14)13-10(12)15-9/h1-5H,(H2,12,13). The summed E-state index contributed by atoms with van der Waals surface area (Å²) in [4.78, 5) is 15.5. The Morgan fingerprint density at radius 2 is 2.00 bits per heavy atom. The van der Waals surface area contributed by atoms with Gasteiger partial charge in [-0.2, -0.15) is 0 Å². The van der Waals surface area contributed by atoms with Crippen molar-refractivity contribution in [2.24, 2.45) is 0 Å². The Kier molecular flexibility index (Phi) is 2.83. The number of hydrogen-bond donors (Lipinski definition) is 1. The molecule has 0 radical (unpaired) electrons. The van der Waals surface area contributed by atoms with Crippen LogP contribution < -0.4 is 5.73 Å². The van der Waals surface area contributed by atoms with E-state index >= 15 is 0 Å². The predicted molar refractivity (Wildman–Crippen MR) is 65.0 cm³/mol. The molecule has 0 atom stereocenters. The first-order chi connectivity index (χ1) is 7.20. The lowest BCUT2D eigenvalue weighted by atomic mass is 10.2. The van der Waals surface area contributed by atoms with E-state index in [-0.39, 0.29) is 0 Å². The molecule has 0 bridgehead atoms. The molecule has 0 aliphatic heterocycles. The Morgan fingerprint density at radius 3 is 2.60 bits per heavy atom. The molecule has 0 aliphatic carbocycles. The molecule has 76 valence electrons. The van der Waals surface area contributed by atoms with Gasteiger partial charge in [-0.1, -0.05) is 39.4 Å². The number of nitrogen functional groups attached to an aromatic ring is 1. The minimum Gasteiger partial charge on any atom is -0.375 e. The normalized spacial score (nSPS) is 10.2. The van der Waals surface area contributed by atoms with Gasteiger partial charge in [-0.15, -0.1) is 0 Å². The number of carbonyl (C=O) groups excluding carboxylic acids is 1. The van der Waals surface area contributed by atoms with Crippen molar-refractivity contribution < 1.29 is 4.79 Å². The monoisotopic (exact) mass is 282 g/mol. The molecular weight excluding hydrogens is 276 g/mol. The average Bonchev–Trinajstić information content (AvgIpc) is 2.61. The fourth-order valence-electron chi connectivity index (χ4n) is 1.24. The van der Waals surface area contributed by atoms with E-state index in [9.17, 15) is 4.79 Å². The third-order valence-corrected chi connectivity index (χ3v) is 3.37. The van der Waals surface area contributed by atoms with Gasteiger partial charge in [0.15, 0.2) is 11.4 Å².